The summed E-state index contributed by atoms with van der Waals surface area (Å²) < 4.78 is 2.41. The van der Waals surface area contributed by atoms with E-state index in [0.717, 1.165) is 83.9 Å². The van der Waals surface area contributed by atoms with Gasteiger partial charge in [0.15, 0.2) is 0 Å². The molecule has 0 radical (unpaired) electrons. The van der Waals surface area contributed by atoms with E-state index in [9.17, 15) is 0 Å². The molecule has 0 unspecified atom stereocenters. The van der Waals surface area contributed by atoms with Gasteiger partial charge in [-0.2, -0.15) is 0 Å². The summed E-state index contributed by atoms with van der Waals surface area (Å²) in [5, 5.41) is 0. The van der Waals surface area contributed by atoms with Crippen molar-refractivity contribution in [2.75, 3.05) is 0 Å². The van der Waals surface area contributed by atoms with E-state index in [2.05, 4.69) is 186 Å². The van der Waals surface area contributed by atoms with E-state index in [1.165, 1.54) is 0 Å². The monoisotopic (exact) mass is 656 g/mol. The van der Waals surface area contributed by atoms with Crippen LogP contribution < -0.4 is 0 Å². The first-order chi connectivity index (χ1) is 23.8. The van der Waals surface area contributed by atoms with Crippen LogP contribution in [0.15, 0.2) is 152 Å². The van der Waals surface area contributed by atoms with E-state index in [4.69, 9.17) is 9.97 Å². The first kappa shape index (κ1) is 31.0. The fraction of sp³-hybridized carbons (Fsp3) is 0. The van der Waals surface area contributed by atoms with Crippen LogP contribution in [-0.4, -0.2) is 57.3 Å². The summed E-state index contributed by atoms with van der Waals surface area (Å²) in [4.78, 5) is 13.9. The third-order valence-corrected chi connectivity index (χ3v) is 8.87. The van der Waals surface area contributed by atoms with E-state index in [-0.39, 0.29) is 37.7 Å². The predicted molar refractivity (Wildman–Crippen MR) is 209 cm³/mol. The molecule has 5 heterocycles. The molecular formula is C44H32CaN4. The SMILES string of the molecule is C1=Cc2cc3c(-c4ccccc4)c(-c4ccccc4)c(c(-c4ccccc4)c4nc(cc5ccc(cc1n2)[nH]5)C=C4)n3-c1ccccc1.[CaH2]. The molecule has 7 aromatic rings. The number of hydrogen-bond acceptors (Lipinski definition) is 2. The fourth-order valence-electron chi connectivity index (χ4n) is 6.81. The van der Waals surface area contributed by atoms with Crippen molar-refractivity contribution in [3.63, 3.8) is 0 Å². The Bertz CT molecular complexity index is 2530. The Morgan fingerprint density at radius 3 is 1.49 bits per heavy atom. The number of H-pyrrole nitrogens is 1. The summed E-state index contributed by atoms with van der Waals surface area (Å²) in [6.45, 7) is 0. The number of hydrogen-bond donors (Lipinski definition) is 1. The summed E-state index contributed by atoms with van der Waals surface area (Å²) in [6, 6.07) is 53.3. The molecule has 230 valence electrons. The van der Waals surface area contributed by atoms with E-state index >= 15 is 0 Å². The molecule has 1 N–H and O–H groups in total. The van der Waals surface area contributed by atoms with Gasteiger partial charge in [-0.3, -0.25) is 0 Å². The number of aromatic amines is 1. The van der Waals surface area contributed by atoms with Gasteiger partial charge in [-0.1, -0.05) is 109 Å². The zero-order valence-corrected chi connectivity index (χ0v) is 26.1. The second-order valence-corrected chi connectivity index (χ2v) is 12.0. The summed E-state index contributed by atoms with van der Waals surface area (Å²) in [6.07, 6.45) is 8.44. The van der Waals surface area contributed by atoms with Crippen LogP contribution in [0.5, 0.6) is 0 Å². The van der Waals surface area contributed by atoms with E-state index in [0.29, 0.717) is 0 Å². The fourth-order valence-corrected chi connectivity index (χ4v) is 6.81. The zero-order valence-electron chi connectivity index (χ0n) is 26.1. The van der Waals surface area contributed by atoms with Crippen LogP contribution in [0.2, 0.25) is 0 Å². The standard InChI is InChI=1S/C44H30N4.Ca.2H/c1-5-13-30(14-6-1)41-39-26-25-36(47-39)28-35-22-21-33(45-35)27-34-23-24-37(46-34)29-40-42(31-15-7-2-8-16-31)43(32-17-9-3-10-18-32)44(41)48(40)38-19-11-4-12-20-38;;;/h1-29,45H;;;. The van der Waals surface area contributed by atoms with Crippen molar-refractivity contribution in [1.29, 1.82) is 0 Å². The van der Waals surface area contributed by atoms with Gasteiger partial charge in [0.2, 0.25) is 0 Å². The predicted octanol–water partition coefficient (Wildman–Crippen LogP) is 10.2. The average molecular weight is 657 g/mol. The van der Waals surface area contributed by atoms with Gasteiger partial charge in [0.1, 0.15) is 0 Å². The molecule has 0 saturated carbocycles. The molecule has 2 aliphatic rings. The van der Waals surface area contributed by atoms with Gasteiger partial charge in [-0.25, -0.2) is 9.97 Å². The van der Waals surface area contributed by atoms with Crippen LogP contribution in [0.4, 0.5) is 0 Å². The van der Waals surface area contributed by atoms with Gasteiger partial charge in [-0.05, 0) is 83.5 Å². The third-order valence-electron chi connectivity index (χ3n) is 8.87. The van der Waals surface area contributed by atoms with Crippen LogP contribution in [-0.2, 0) is 0 Å². The Kier molecular flexibility index (Phi) is 8.44. The number of aromatic nitrogens is 4. The number of para-hydroxylation sites is 1. The Morgan fingerprint density at radius 2 is 0.898 bits per heavy atom. The maximum absolute atomic E-state index is 5.29. The second kappa shape index (κ2) is 13.3. The van der Waals surface area contributed by atoms with E-state index in [1.807, 2.05) is 0 Å². The quantitative estimate of drug-likeness (QED) is 0.192. The van der Waals surface area contributed by atoms with Crippen LogP contribution in [0.25, 0.3) is 85.4 Å². The third kappa shape index (κ3) is 5.89. The van der Waals surface area contributed by atoms with Crippen LogP contribution >= 0.6 is 0 Å². The molecule has 49 heavy (non-hydrogen) atoms. The molecule has 3 aromatic heterocycles. The van der Waals surface area contributed by atoms with Gasteiger partial charge in [0.25, 0.3) is 0 Å². The van der Waals surface area contributed by atoms with Crippen LogP contribution in [0.3, 0.4) is 0 Å². The Labute approximate surface area is 314 Å². The van der Waals surface area contributed by atoms with Gasteiger partial charge in [0.05, 0.1) is 33.8 Å². The molecule has 8 bridgehead atoms. The molecule has 0 aliphatic carbocycles. The van der Waals surface area contributed by atoms with E-state index in [1.54, 1.807) is 0 Å². The Balaban J connectivity index is 0.00000348. The molecule has 0 atom stereocenters. The van der Waals surface area contributed by atoms with Crippen LogP contribution in [0, 0.1) is 0 Å². The van der Waals surface area contributed by atoms with Crippen molar-refractivity contribution >= 4 is 84.1 Å². The molecule has 0 saturated heterocycles. The molecule has 9 rings (SSSR count). The van der Waals surface area contributed by atoms with Crippen molar-refractivity contribution in [2.45, 2.75) is 0 Å². The summed E-state index contributed by atoms with van der Waals surface area (Å²) in [7, 11) is 0. The summed E-state index contributed by atoms with van der Waals surface area (Å²) >= 11 is 0. The van der Waals surface area contributed by atoms with Gasteiger partial charge >= 0.3 is 37.7 Å². The van der Waals surface area contributed by atoms with Crippen molar-refractivity contribution in [3.05, 3.63) is 174 Å². The van der Waals surface area contributed by atoms with Gasteiger partial charge < -0.3 is 9.55 Å². The first-order valence-corrected chi connectivity index (χ1v) is 16.2. The number of nitrogens with zero attached hydrogens (tertiary/aromatic N) is 3. The zero-order chi connectivity index (χ0) is 31.9. The Morgan fingerprint density at radius 1 is 0.429 bits per heavy atom. The van der Waals surface area contributed by atoms with Crippen molar-refractivity contribution in [3.8, 4) is 39.1 Å². The maximum atomic E-state index is 5.29. The molecule has 4 aromatic carbocycles. The minimum atomic E-state index is 0. The first-order valence-electron chi connectivity index (χ1n) is 16.2. The molecule has 4 nitrogen and oxygen atoms in total. The van der Waals surface area contributed by atoms with E-state index < -0.39 is 0 Å². The summed E-state index contributed by atoms with van der Waals surface area (Å²) in [5.41, 5.74) is 15.4. The average Bonchev–Trinajstić information content (AvgIpc) is 3.95. The Hall–Kier alpha value is -5.26. The number of fused-ring (bicyclic) bond motifs is 8. The van der Waals surface area contributed by atoms with Crippen molar-refractivity contribution in [2.24, 2.45) is 0 Å². The van der Waals surface area contributed by atoms with Gasteiger partial charge in [-0.15, -0.1) is 0 Å². The molecule has 0 fully saturated rings. The topological polar surface area (TPSA) is 46.5 Å². The number of rotatable bonds is 4. The minimum absolute atomic E-state index is 0. The molecule has 0 spiro atoms. The van der Waals surface area contributed by atoms with Gasteiger partial charge in [0, 0.05) is 33.4 Å². The molecule has 0 amide bonds. The normalized spacial score (nSPS) is 11.8. The molecular weight excluding hydrogens is 625 g/mol. The second-order valence-electron chi connectivity index (χ2n) is 12.0. The number of nitrogens with one attached hydrogen (secondary N) is 1. The molecule has 5 heteroatoms. The molecule has 2 aliphatic heterocycles. The number of benzene rings is 4. The summed E-state index contributed by atoms with van der Waals surface area (Å²) in [5.74, 6) is 0. The van der Waals surface area contributed by atoms with Crippen molar-refractivity contribution < 1.29 is 0 Å². The van der Waals surface area contributed by atoms with Crippen LogP contribution in [0.1, 0.15) is 22.8 Å². The van der Waals surface area contributed by atoms with Crippen molar-refractivity contribution in [1.82, 2.24) is 19.5 Å².